The third-order valence-electron chi connectivity index (χ3n) is 2.31. The molecule has 1 aliphatic heterocycles. The van der Waals surface area contributed by atoms with Gasteiger partial charge in [0.05, 0.1) is 0 Å². The van der Waals surface area contributed by atoms with Crippen LogP contribution in [0.25, 0.3) is 0 Å². The minimum atomic E-state index is 0.796. The van der Waals surface area contributed by atoms with Crippen LogP contribution in [0.1, 0.15) is 13.3 Å². The van der Waals surface area contributed by atoms with Gasteiger partial charge in [0, 0.05) is 17.5 Å². The van der Waals surface area contributed by atoms with E-state index in [4.69, 9.17) is 0 Å². The van der Waals surface area contributed by atoms with E-state index in [1.165, 1.54) is 17.4 Å². The van der Waals surface area contributed by atoms with Crippen LogP contribution in [-0.4, -0.2) is 29.5 Å². The van der Waals surface area contributed by atoms with Gasteiger partial charge in [0.15, 0.2) is 0 Å². The van der Waals surface area contributed by atoms with Crippen LogP contribution in [0.2, 0.25) is 0 Å². The predicted octanol–water partition coefficient (Wildman–Crippen LogP) is 2.32. The van der Waals surface area contributed by atoms with E-state index in [0.717, 1.165) is 12.5 Å². The number of hydrogen-bond acceptors (Lipinski definition) is 1. The fourth-order valence-corrected chi connectivity index (χ4v) is 1.90. The second kappa shape index (κ2) is 4.45. The molecule has 0 aromatic rings. The maximum atomic E-state index is 2.47. The summed E-state index contributed by atoms with van der Waals surface area (Å²) in [5.74, 6) is 0.796. The largest absolute Gasteiger partial charge is 0.302 e. The smallest absolute Gasteiger partial charge is 0.0163 e. The van der Waals surface area contributed by atoms with E-state index in [-0.39, 0.29) is 0 Å². The van der Waals surface area contributed by atoms with Gasteiger partial charge in [0.1, 0.15) is 0 Å². The highest BCUT2D eigenvalue weighted by Crippen LogP contribution is 2.19. The molecule has 1 nitrogen and oxygen atoms in total. The lowest BCUT2D eigenvalue weighted by Crippen LogP contribution is -2.25. The van der Waals surface area contributed by atoms with E-state index >= 15 is 0 Å². The number of likely N-dealkylation sites (N-methyl/N-ethyl adjacent to an activating group) is 1. The van der Waals surface area contributed by atoms with Crippen LogP contribution in [0, 0.1) is 5.92 Å². The van der Waals surface area contributed by atoms with Crippen molar-refractivity contribution in [3.05, 3.63) is 11.6 Å². The highest BCUT2D eigenvalue weighted by atomic mass is 127. The summed E-state index contributed by atoms with van der Waals surface area (Å²) < 4.78 is 1.26. The zero-order chi connectivity index (χ0) is 8.27. The summed E-state index contributed by atoms with van der Waals surface area (Å²) >= 11 is 2.47. The summed E-state index contributed by atoms with van der Waals surface area (Å²) in [5, 5.41) is 0. The van der Waals surface area contributed by atoms with Crippen molar-refractivity contribution in [3.63, 3.8) is 0 Å². The first-order valence-electron chi connectivity index (χ1n) is 4.17. The van der Waals surface area contributed by atoms with Crippen LogP contribution < -0.4 is 0 Å². The maximum Gasteiger partial charge on any atom is 0.0163 e. The zero-order valence-corrected chi connectivity index (χ0v) is 9.47. The van der Waals surface area contributed by atoms with E-state index in [1.807, 2.05) is 0 Å². The van der Waals surface area contributed by atoms with Gasteiger partial charge in [-0.1, -0.05) is 41.2 Å². The number of alkyl halides is 1. The van der Waals surface area contributed by atoms with Crippen molar-refractivity contribution in [1.82, 2.24) is 4.90 Å². The molecule has 0 N–H and O–H groups in total. The average molecular weight is 265 g/mol. The summed E-state index contributed by atoms with van der Waals surface area (Å²) in [6.45, 7) is 4.72. The van der Waals surface area contributed by atoms with Gasteiger partial charge in [-0.25, -0.2) is 0 Å². The van der Waals surface area contributed by atoms with E-state index in [0.29, 0.717) is 0 Å². The number of hydrogen-bond donors (Lipinski definition) is 0. The molecule has 2 heteroatoms. The van der Waals surface area contributed by atoms with Crippen molar-refractivity contribution in [1.29, 1.82) is 0 Å². The molecular weight excluding hydrogens is 249 g/mol. The van der Waals surface area contributed by atoms with Gasteiger partial charge >= 0.3 is 0 Å². The highest BCUT2D eigenvalue weighted by Gasteiger charge is 2.12. The van der Waals surface area contributed by atoms with Crippen molar-refractivity contribution < 1.29 is 0 Å². The molecular formula is C9H16IN. The second-order valence-electron chi connectivity index (χ2n) is 3.35. The Morgan fingerprint density at radius 3 is 2.91 bits per heavy atom. The SMILES string of the molecule is CC(CI)C1=CCN(C)CC1. The van der Waals surface area contributed by atoms with Gasteiger partial charge in [0.2, 0.25) is 0 Å². The topological polar surface area (TPSA) is 3.24 Å². The van der Waals surface area contributed by atoms with Crippen LogP contribution in [0.3, 0.4) is 0 Å². The Morgan fingerprint density at radius 1 is 1.73 bits per heavy atom. The van der Waals surface area contributed by atoms with Crippen LogP contribution in [0.5, 0.6) is 0 Å². The van der Waals surface area contributed by atoms with Crippen LogP contribution in [0.4, 0.5) is 0 Å². The lowest BCUT2D eigenvalue weighted by molar-refractivity contribution is 0.351. The first-order valence-corrected chi connectivity index (χ1v) is 5.70. The highest BCUT2D eigenvalue weighted by molar-refractivity contribution is 14.1. The van der Waals surface area contributed by atoms with Gasteiger partial charge in [-0.2, -0.15) is 0 Å². The third-order valence-corrected chi connectivity index (χ3v) is 3.63. The average Bonchev–Trinajstić information content (AvgIpc) is 2.05. The van der Waals surface area contributed by atoms with Crippen molar-refractivity contribution in [2.45, 2.75) is 13.3 Å². The lowest BCUT2D eigenvalue weighted by atomic mass is 9.97. The van der Waals surface area contributed by atoms with Crippen LogP contribution in [-0.2, 0) is 0 Å². The molecule has 0 aliphatic carbocycles. The molecule has 0 fully saturated rings. The minimum absolute atomic E-state index is 0.796. The third kappa shape index (κ3) is 2.75. The van der Waals surface area contributed by atoms with Crippen LogP contribution in [0.15, 0.2) is 11.6 Å². The minimum Gasteiger partial charge on any atom is -0.302 e. The number of nitrogens with zero attached hydrogens (tertiary/aromatic N) is 1. The van der Waals surface area contributed by atoms with E-state index in [1.54, 1.807) is 5.57 Å². The van der Waals surface area contributed by atoms with Crippen molar-refractivity contribution in [3.8, 4) is 0 Å². The van der Waals surface area contributed by atoms with Gasteiger partial charge in [0.25, 0.3) is 0 Å². The zero-order valence-electron chi connectivity index (χ0n) is 7.31. The van der Waals surface area contributed by atoms with Crippen molar-refractivity contribution >= 4 is 22.6 Å². The molecule has 0 amide bonds. The first kappa shape index (κ1) is 9.52. The van der Waals surface area contributed by atoms with E-state index in [2.05, 4.69) is 47.5 Å². The van der Waals surface area contributed by atoms with E-state index < -0.39 is 0 Å². The molecule has 0 radical (unpaired) electrons. The standard InChI is InChI=1S/C9H16IN/c1-8(7-10)9-3-5-11(2)6-4-9/h3,8H,4-7H2,1-2H3. The summed E-state index contributed by atoms with van der Waals surface area (Å²) in [5.41, 5.74) is 1.66. The number of halogens is 1. The molecule has 0 saturated carbocycles. The molecule has 1 rings (SSSR count). The molecule has 64 valence electrons. The van der Waals surface area contributed by atoms with E-state index in [9.17, 15) is 0 Å². The molecule has 1 atom stereocenters. The lowest BCUT2D eigenvalue weighted by Gasteiger charge is -2.24. The molecule has 0 aromatic carbocycles. The Kier molecular flexibility index (Phi) is 3.85. The second-order valence-corrected chi connectivity index (χ2v) is 4.23. The van der Waals surface area contributed by atoms with Crippen molar-refractivity contribution in [2.24, 2.45) is 5.92 Å². The Balaban J connectivity index is 2.47. The summed E-state index contributed by atoms with van der Waals surface area (Å²) in [6, 6.07) is 0. The Morgan fingerprint density at radius 2 is 2.45 bits per heavy atom. The van der Waals surface area contributed by atoms with Gasteiger partial charge in [-0.3, -0.25) is 0 Å². The normalized spacial score (nSPS) is 23.0. The molecule has 0 spiro atoms. The quantitative estimate of drug-likeness (QED) is 0.421. The molecule has 1 unspecified atom stereocenters. The van der Waals surface area contributed by atoms with Gasteiger partial charge in [-0.05, 0) is 19.4 Å². The molecule has 1 aliphatic rings. The van der Waals surface area contributed by atoms with Crippen molar-refractivity contribution in [2.75, 3.05) is 24.6 Å². The molecule has 0 bridgehead atoms. The molecule has 11 heavy (non-hydrogen) atoms. The maximum absolute atomic E-state index is 2.47. The number of rotatable bonds is 2. The Hall–Kier alpha value is 0.430. The fourth-order valence-electron chi connectivity index (χ4n) is 1.33. The van der Waals surface area contributed by atoms with Gasteiger partial charge < -0.3 is 4.90 Å². The Bertz CT molecular complexity index is 154. The molecule has 1 heterocycles. The first-order chi connectivity index (χ1) is 5.24. The summed E-state index contributed by atoms with van der Waals surface area (Å²) in [6.07, 6.45) is 3.67. The van der Waals surface area contributed by atoms with Crippen LogP contribution >= 0.6 is 22.6 Å². The molecule has 0 saturated heterocycles. The van der Waals surface area contributed by atoms with Gasteiger partial charge in [-0.15, -0.1) is 0 Å². The summed E-state index contributed by atoms with van der Waals surface area (Å²) in [7, 11) is 2.18. The summed E-state index contributed by atoms with van der Waals surface area (Å²) in [4.78, 5) is 2.36. The Labute approximate surface area is 83.0 Å². The molecule has 0 aromatic heterocycles. The predicted molar refractivity (Wildman–Crippen MR) is 58.2 cm³/mol. The monoisotopic (exact) mass is 265 g/mol. The fraction of sp³-hybridized carbons (Fsp3) is 0.778.